The zero-order valence-corrected chi connectivity index (χ0v) is 13.9. The summed E-state index contributed by atoms with van der Waals surface area (Å²) in [6.07, 6.45) is 6.74. The monoisotopic (exact) mass is 303 g/mol. The number of allylic oxidation sites excluding steroid dienone is 2. The third-order valence-electron chi connectivity index (χ3n) is 4.15. The molecular weight excluding hydrogens is 278 g/mol. The number of amides is 1. The molecule has 2 atom stereocenters. The van der Waals surface area contributed by atoms with Crippen LogP contribution >= 0.6 is 0 Å². The van der Waals surface area contributed by atoms with Crippen molar-refractivity contribution >= 4 is 12.3 Å². The highest BCUT2D eigenvalue weighted by Gasteiger charge is 2.44. The Morgan fingerprint density at radius 2 is 2.23 bits per heavy atom. The smallest absolute Gasteiger partial charge is 0.410 e. The number of nitriles is 1. The largest absolute Gasteiger partial charge is 0.444 e. The molecule has 0 radical (unpaired) electrons. The molecule has 120 valence electrons. The van der Waals surface area contributed by atoms with Gasteiger partial charge in [-0.15, -0.1) is 0 Å². The summed E-state index contributed by atoms with van der Waals surface area (Å²) in [4.78, 5) is 18.4. The third-order valence-corrected chi connectivity index (χ3v) is 4.15. The van der Waals surface area contributed by atoms with E-state index in [1.165, 1.54) is 0 Å². The topological polar surface area (TPSA) is 65.7 Å². The Balaban J connectivity index is 2.11. The van der Waals surface area contributed by atoms with Gasteiger partial charge in [-0.2, -0.15) is 5.26 Å². The molecule has 0 aromatic rings. The highest BCUT2D eigenvalue weighted by Crippen LogP contribution is 2.42. The molecule has 22 heavy (non-hydrogen) atoms. The second-order valence-corrected chi connectivity index (χ2v) is 7.15. The van der Waals surface area contributed by atoms with Crippen molar-refractivity contribution < 1.29 is 9.53 Å². The van der Waals surface area contributed by atoms with E-state index in [0.717, 1.165) is 18.5 Å². The number of hydrogen-bond donors (Lipinski definition) is 0. The Bertz CT molecular complexity index is 539. The number of rotatable bonds is 1. The summed E-state index contributed by atoms with van der Waals surface area (Å²) in [7, 11) is 0. The molecule has 2 heterocycles. The van der Waals surface area contributed by atoms with Crippen molar-refractivity contribution in [3.63, 3.8) is 0 Å². The summed E-state index contributed by atoms with van der Waals surface area (Å²) in [5, 5.41) is 9.72. The molecule has 1 saturated heterocycles. The number of carbonyl (C=O) groups is 1. The van der Waals surface area contributed by atoms with Crippen molar-refractivity contribution in [3.8, 4) is 6.07 Å². The number of carbonyl (C=O) groups excluding carboxylic acids is 1. The predicted molar refractivity (Wildman–Crippen MR) is 85.5 cm³/mol. The lowest BCUT2D eigenvalue weighted by atomic mass is 9.73. The summed E-state index contributed by atoms with van der Waals surface area (Å²) < 4.78 is 5.45. The zero-order valence-electron chi connectivity index (χ0n) is 13.9. The maximum atomic E-state index is 12.3. The molecule has 2 rings (SSSR count). The summed E-state index contributed by atoms with van der Waals surface area (Å²) in [6, 6.07) is 2.42. The van der Waals surface area contributed by atoms with E-state index >= 15 is 0 Å². The Hall–Kier alpha value is -1.83. The van der Waals surface area contributed by atoms with Crippen molar-refractivity contribution in [2.45, 2.75) is 65.0 Å². The van der Waals surface area contributed by atoms with Crippen LogP contribution in [0.1, 0.15) is 53.4 Å². The first kappa shape index (κ1) is 16.5. The fourth-order valence-electron chi connectivity index (χ4n) is 3.06. The molecule has 2 aliphatic rings. The average molecular weight is 303 g/mol. The van der Waals surface area contributed by atoms with E-state index < -0.39 is 11.0 Å². The van der Waals surface area contributed by atoms with Crippen molar-refractivity contribution in [3.05, 3.63) is 11.8 Å². The Labute approximate surface area is 132 Å². The van der Waals surface area contributed by atoms with E-state index in [4.69, 9.17) is 4.74 Å². The van der Waals surface area contributed by atoms with E-state index in [2.05, 4.69) is 17.1 Å². The molecule has 0 aliphatic carbocycles. The van der Waals surface area contributed by atoms with Crippen molar-refractivity contribution in [1.82, 2.24) is 4.90 Å². The summed E-state index contributed by atoms with van der Waals surface area (Å²) in [5.74, 6) is 0. The minimum atomic E-state index is -0.575. The minimum absolute atomic E-state index is 0.0405. The van der Waals surface area contributed by atoms with Crippen molar-refractivity contribution in [1.29, 1.82) is 5.26 Å². The van der Waals surface area contributed by atoms with E-state index in [9.17, 15) is 10.1 Å². The number of likely N-dealkylation sites (tertiary alicyclic amines) is 1. The third kappa shape index (κ3) is 3.49. The van der Waals surface area contributed by atoms with Gasteiger partial charge >= 0.3 is 6.09 Å². The van der Waals surface area contributed by atoms with Gasteiger partial charge in [0.1, 0.15) is 11.0 Å². The quantitative estimate of drug-likeness (QED) is 0.742. The Morgan fingerprint density at radius 3 is 2.73 bits per heavy atom. The Morgan fingerprint density at radius 1 is 1.50 bits per heavy atom. The van der Waals surface area contributed by atoms with E-state index in [1.807, 2.05) is 33.9 Å². The molecule has 5 heteroatoms. The normalized spacial score (nSPS) is 28.8. The van der Waals surface area contributed by atoms with Gasteiger partial charge in [0.05, 0.1) is 11.8 Å². The van der Waals surface area contributed by atoms with Crippen LogP contribution < -0.4 is 0 Å². The Kier molecular flexibility index (Phi) is 4.60. The van der Waals surface area contributed by atoms with E-state index in [0.29, 0.717) is 19.4 Å². The lowest BCUT2D eigenvalue weighted by Gasteiger charge is -2.42. The molecule has 0 spiro atoms. The second-order valence-electron chi connectivity index (χ2n) is 7.15. The molecule has 0 N–H and O–H groups in total. The first-order chi connectivity index (χ1) is 10.3. The van der Waals surface area contributed by atoms with Gasteiger partial charge in [-0.1, -0.05) is 6.08 Å². The molecule has 2 aliphatic heterocycles. The summed E-state index contributed by atoms with van der Waals surface area (Å²) in [5.41, 5.74) is -0.206. The van der Waals surface area contributed by atoms with Crippen LogP contribution in [0.4, 0.5) is 4.79 Å². The minimum Gasteiger partial charge on any atom is -0.444 e. The molecule has 1 amide bonds. The number of ether oxygens (including phenoxy) is 1. The molecule has 0 aromatic heterocycles. The van der Waals surface area contributed by atoms with Crippen LogP contribution in [0.2, 0.25) is 0 Å². The lowest BCUT2D eigenvalue weighted by Crippen LogP contribution is -2.50. The maximum Gasteiger partial charge on any atom is 0.410 e. The molecule has 0 bridgehead atoms. The van der Waals surface area contributed by atoms with Gasteiger partial charge in [-0.05, 0) is 53.4 Å². The van der Waals surface area contributed by atoms with E-state index in [1.54, 1.807) is 4.90 Å². The van der Waals surface area contributed by atoms with Crippen molar-refractivity contribution in [2.24, 2.45) is 10.4 Å². The molecular formula is C17H25N3O2. The van der Waals surface area contributed by atoms with Gasteiger partial charge in [-0.25, -0.2) is 4.79 Å². The van der Waals surface area contributed by atoms with Crippen molar-refractivity contribution in [2.75, 3.05) is 6.54 Å². The lowest BCUT2D eigenvalue weighted by molar-refractivity contribution is 0.00455. The van der Waals surface area contributed by atoms with Crippen LogP contribution in [-0.4, -0.2) is 35.4 Å². The van der Waals surface area contributed by atoms with Crippen LogP contribution in [0.3, 0.4) is 0 Å². The first-order valence-electron chi connectivity index (χ1n) is 7.91. The van der Waals surface area contributed by atoms with E-state index in [-0.39, 0.29) is 12.1 Å². The summed E-state index contributed by atoms with van der Waals surface area (Å²) >= 11 is 0. The van der Waals surface area contributed by atoms with Gasteiger partial charge in [0, 0.05) is 18.8 Å². The number of hydrogen-bond acceptors (Lipinski definition) is 4. The summed E-state index contributed by atoms with van der Waals surface area (Å²) in [6.45, 7) is 8.08. The number of nitrogens with zero attached hydrogens (tertiary/aromatic N) is 3. The van der Waals surface area contributed by atoms with Gasteiger partial charge in [0.25, 0.3) is 0 Å². The highest BCUT2D eigenvalue weighted by atomic mass is 16.6. The number of piperidine rings is 1. The van der Waals surface area contributed by atoms with Crippen LogP contribution in [0.5, 0.6) is 0 Å². The second kappa shape index (κ2) is 6.12. The molecule has 5 nitrogen and oxygen atoms in total. The fraction of sp³-hybridized carbons (Fsp3) is 0.706. The standard InChI is InChI=1S/C17H25N3O2/c1-13-11-17(12-18,14-7-5-6-9-19-14)8-10-20(13)15(21)22-16(2,3)4/h7,9,13H,5-6,8,10-11H2,1-4H3/t13?,17-/m0/s1. The molecule has 0 aromatic carbocycles. The van der Waals surface area contributed by atoms with Crippen LogP contribution in [0.15, 0.2) is 16.8 Å². The highest BCUT2D eigenvalue weighted by molar-refractivity contribution is 5.69. The van der Waals surface area contributed by atoms with Gasteiger partial charge < -0.3 is 9.64 Å². The van der Waals surface area contributed by atoms with Crippen LogP contribution in [0, 0.1) is 16.7 Å². The van der Waals surface area contributed by atoms with Gasteiger partial charge in [0.15, 0.2) is 0 Å². The maximum absolute atomic E-state index is 12.3. The first-order valence-corrected chi connectivity index (χ1v) is 7.91. The fourth-order valence-corrected chi connectivity index (χ4v) is 3.06. The average Bonchev–Trinajstić information content (AvgIpc) is 2.46. The van der Waals surface area contributed by atoms with Gasteiger partial charge in [-0.3, -0.25) is 4.99 Å². The molecule has 1 unspecified atom stereocenters. The van der Waals surface area contributed by atoms with Crippen LogP contribution in [0.25, 0.3) is 0 Å². The molecule has 1 fully saturated rings. The molecule has 0 saturated carbocycles. The van der Waals surface area contributed by atoms with Gasteiger partial charge in [0.2, 0.25) is 0 Å². The van der Waals surface area contributed by atoms with Crippen LogP contribution in [-0.2, 0) is 4.74 Å². The predicted octanol–water partition coefficient (Wildman–Crippen LogP) is 3.66. The number of aliphatic imine (C=N–C) groups is 1. The SMILES string of the molecule is CC1C[C@@](C#N)(C2=CCCC=N2)CCN1C(=O)OC(C)(C)C. The zero-order chi connectivity index (χ0) is 16.4.